The maximum atomic E-state index is 11.5. The second-order valence-electron chi connectivity index (χ2n) is 4.94. The second kappa shape index (κ2) is 5.38. The zero-order valence-electron chi connectivity index (χ0n) is 11.6. The molecule has 21 heavy (non-hydrogen) atoms. The van der Waals surface area contributed by atoms with Crippen LogP contribution in [-0.2, 0) is 6.54 Å². The van der Waals surface area contributed by atoms with Crippen LogP contribution in [0, 0.1) is 6.92 Å². The van der Waals surface area contributed by atoms with Crippen molar-refractivity contribution in [3.63, 3.8) is 0 Å². The third-order valence-corrected chi connectivity index (χ3v) is 3.59. The Hall–Kier alpha value is -2.66. The predicted molar refractivity (Wildman–Crippen MR) is 79.3 cm³/mol. The molecule has 2 N–H and O–H groups in total. The van der Waals surface area contributed by atoms with Crippen molar-refractivity contribution in [2.45, 2.75) is 13.5 Å². The van der Waals surface area contributed by atoms with Crippen LogP contribution in [0.1, 0.15) is 21.6 Å². The summed E-state index contributed by atoms with van der Waals surface area (Å²) in [6.45, 7) is 2.80. The molecule has 0 fully saturated rings. The molecule has 0 saturated carbocycles. The number of hydrogen-bond acceptors (Lipinski definition) is 3. The number of nitrogens with one attached hydrogen (secondary N) is 1. The summed E-state index contributed by atoms with van der Waals surface area (Å²) in [6.07, 6.45) is 3.60. The number of carbonyl (C=O) groups excluding carboxylic acids is 1. The third kappa shape index (κ3) is 2.51. The van der Waals surface area contributed by atoms with Crippen LogP contribution in [0.5, 0.6) is 0 Å². The lowest BCUT2D eigenvalue weighted by molar-refractivity contribution is 0.0701. The summed E-state index contributed by atoms with van der Waals surface area (Å²) >= 11 is 0. The van der Waals surface area contributed by atoms with Crippen molar-refractivity contribution < 1.29 is 10.0 Å². The molecule has 5 nitrogen and oxygen atoms in total. The van der Waals surface area contributed by atoms with Crippen LogP contribution in [0.3, 0.4) is 0 Å². The van der Waals surface area contributed by atoms with Gasteiger partial charge in [0.25, 0.3) is 5.91 Å². The van der Waals surface area contributed by atoms with Gasteiger partial charge in [-0.05, 0) is 30.2 Å². The summed E-state index contributed by atoms with van der Waals surface area (Å²) in [5, 5.41) is 9.66. The van der Waals surface area contributed by atoms with E-state index in [9.17, 15) is 4.79 Å². The quantitative estimate of drug-likeness (QED) is 0.572. The minimum Gasteiger partial charge on any atom is -0.343 e. The van der Waals surface area contributed by atoms with Crippen molar-refractivity contribution in [3.8, 4) is 0 Å². The SMILES string of the molecule is Cc1ccccc1Cn1ccc2cnc(C(=O)NO)cc21. The summed E-state index contributed by atoms with van der Waals surface area (Å²) < 4.78 is 2.06. The van der Waals surface area contributed by atoms with Crippen LogP contribution < -0.4 is 5.48 Å². The van der Waals surface area contributed by atoms with Crippen molar-refractivity contribution >= 4 is 16.8 Å². The third-order valence-electron chi connectivity index (χ3n) is 3.59. The molecule has 0 saturated heterocycles. The standard InChI is InChI=1S/C16H15N3O2/c1-11-4-2-3-5-13(11)10-19-7-6-12-9-17-14(8-15(12)19)16(20)18-21/h2-9,21H,10H2,1H3,(H,18,20). The molecule has 0 radical (unpaired) electrons. The Morgan fingerprint density at radius 2 is 2.14 bits per heavy atom. The van der Waals surface area contributed by atoms with E-state index in [0.29, 0.717) is 0 Å². The fourth-order valence-corrected chi connectivity index (χ4v) is 2.37. The molecule has 2 heterocycles. The first-order chi connectivity index (χ1) is 10.2. The number of hydrogen-bond donors (Lipinski definition) is 2. The predicted octanol–water partition coefficient (Wildman–Crippen LogP) is 2.51. The van der Waals surface area contributed by atoms with Gasteiger partial charge in [-0.1, -0.05) is 24.3 Å². The monoisotopic (exact) mass is 281 g/mol. The first kappa shape index (κ1) is 13.3. The van der Waals surface area contributed by atoms with E-state index in [4.69, 9.17) is 5.21 Å². The average Bonchev–Trinajstić information content (AvgIpc) is 2.91. The second-order valence-corrected chi connectivity index (χ2v) is 4.94. The van der Waals surface area contributed by atoms with Gasteiger partial charge in [-0.3, -0.25) is 15.0 Å². The molecule has 5 heteroatoms. The molecule has 106 valence electrons. The van der Waals surface area contributed by atoms with Gasteiger partial charge in [-0.2, -0.15) is 0 Å². The lowest BCUT2D eigenvalue weighted by Gasteiger charge is -2.09. The Balaban J connectivity index is 2.03. The Morgan fingerprint density at radius 3 is 2.90 bits per heavy atom. The highest BCUT2D eigenvalue weighted by Crippen LogP contribution is 2.18. The van der Waals surface area contributed by atoms with Gasteiger partial charge in [0, 0.05) is 24.3 Å². The molecular weight excluding hydrogens is 266 g/mol. The number of rotatable bonds is 3. The van der Waals surface area contributed by atoms with Crippen molar-refractivity contribution in [3.05, 3.63) is 65.6 Å². The van der Waals surface area contributed by atoms with Crippen molar-refractivity contribution in [2.75, 3.05) is 0 Å². The molecule has 3 aromatic rings. The Labute approximate surface area is 121 Å². The van der Waals surface area contributed by atoms with Gasteiger partial charge in [0.05, 0.1) is 5.52 Å². The summed E-state index contributed by atoms with van der Waals surface area (Å²) in [5.74, 6) is -0.611. The Kier molecular flexibility index (Phi) is 3.41. The van der Waals surface area contributed by atoms with E-state index < -0.39 is 5.91 Å². The summed E-state index contributed by atoms with van der Waals surface area (Å²) in [4.78, 5) is 15.5. The molecule has 1 aromatic carbocycles. The minimum atomic E-state index is -0.611. The number of nitrogens with zero attached hydrogens (tertiary/aromatic N) is 2. The van der Waals surface area contributed by atoms with Crippen LogP contribution in [0.25, 0.3) is 10.9 Å². The number of carbonyl (C=O) groups is 1. The van der Waals surface area contributed by atoms with Gasteiger partial charge < -0.3 is 4.57 Å². The number of aryl methyl sites for hydroxylation is 1. The smallest absolute Gasteiger partial charge is 0.293 e. The zero-order valence-corrected chi connectivity index (χ0v) is 11.6. The van der Waals surface area contributed by atoms with E-state index in [2.05, 4.69) is 28.6 Å². The molecule has 0 spiro atoms. The van der Waals surface area contributed by atoms with Gasteiger partial charge >= 0.3 is 0 Å². The molecular formula is C16H15N3O2. The largest absolute Gasteiger partial charge is 0.343 e. The summed E-state index contributed by atoms with van der Waals surface area (Å²) in [7, 11) is 0. The van der Waals surface area contributed by atoms with Crippen molar-refractivity contribution in [2.24, 2.45) is 0 Å². The minimum absolute atomic E-state index is 0.190. The fraction of sp³-hybridized carbons (Fsp3) is 0.125. The first-order valence-electron chi connectivity index (χ1n) is 6.63. The highest BCUT2D eigenvalue weighted by Gasteiger charge is 2.10. The normalized spacial score (nSPS) is 10.8. The van der Waals surface area contributed by atoms with E-state index >= 15 is 0 Å². The number of benzene rings is 1. The number of pyridine rings is 1. The van der Waals surface area contributed by atoms with E-state index in [1.165, 1.54) is 11.1 Å². The van der Waals surface area contributed by atoms with Crippen molar-refractivity contribution in [1.82, 2.24) is 15.0 Å². The maximum Gasteiger partial charge on any atom is 0.293 e. The van der Waals surface area contributed by atoms with E-state index in [0.717, 1.165) is 17.4 Å². The fourth-order valence-electron chi connectivity index (χ4n) is 2.37. The molecule has 1 amide bonds. The van der Waals surface area contributed by atoms with E-state index in [1.807, 2.05) is 24.4 Å². The van der Waals surface area contributed by atoms with Gasteiger partial charge in [0.1, 0.15) is 5.69 Å². The molecule has 0 atom stereocenters. The van der Waals surface area contributed by atoms with Crippen LogP contribution in [-0.4, -0.2) is 20.7 Å². The average molecular weight is 281 g/mol. The molecule has 0 aliphatic carbocycles. The molecule has 0 aliphatic rings. The Morgan fingerprint density at radius 1 is 1.33 bits per heavy atom. The highest BCUT2D eigenvalue weighted by molar-refractivity contribution is 5.95. The topological polar surface area (TPSA) is 67.2 Å². The Bertz CT molecular complexity index is 808. The van der Waals surface area contributed by atoms with Crippen LogP contribution in [0.2, 0.25) is 0 Å². The molecule has 0 aliphatic heterocycles. The number of amides is 1. The number of aromatic nitrogens is 2. The molecule has 2 aromatic heterocycles. The van der Waals surface area contributed by atoms with Gasteiger partial charge in [-0.25, -0.2) is 5.48 Å². The van der Waals surface area contributed by atoms with Crippen LogP contribution >= 0.6 is 0 Å². The van der Waals surface area contributed by atoms with Crippen molar-refractivity contribution in [1.29, 1.82) is 0 Å². The molecule has 3 rings (SSSR count). The van der Waals surface area contributed by atoms with Gasteiger partial charge in [0.15, 0.2) is 0 Å². The first-order valence-corrected chi connectivity index (χ1v) is 6.63. The highest BCUT2D eigenvalue weighted by atomic mass is 16.5. The van der Waals surface area contributed by atoms with Crippen LogP contribution in [0.15, 0.2) is 48.8 Å². The summed E-state index contributed by atoms with van der Waals surface area (Å²) in [5.41, 5.74) is 5.15. The van der Waals surface area contributed by atoms with Gasteiger partial charge in [-0.15, -0.1) is 0 Å². The van der Waals surface area contributed by atoms with E-state index in [-0.39, 0.29) is 5.69 Å². The number of hydroxylamine groups is 1. The van der Waals surface area contributed by atoms with E-state index in [1.54, 1.807) is 17.7 Å². The lowest BCUT2D eigenvalue weighted by Crippen LogP contribution is -2.19. The lowest BCUT2D eigenvalue weighted by atomic mass is 10.1. The number of fused-ring (bicyclic) bond motifs is 1. The zero-order chi connectivity index (χ0) is 14.8. The molecule has 0 bridgehead atoms. The van der Waals surface area contributed by atoms with Crippen LogP contribution in [0.4, 0.5) is 0 Å². The maximum absolute atomic E-state index is 11.5. The molecule has 0 unspecified atom stereocenters. The summed E-state index contributed by atoms with van der Waals surface area (Å²) in [6, 6.07) is 11.8. The van der Waals surface area contributed by atoms with Gasteiger partial charge in [0.2, 0.25) is 0 Å².